The van der Waals surface area contributed by atoms with Gasteiger partial charge >= 0.3 is 0 Å². The molecule has 21 heavy (non-hydrogen) atoms. The van der Waals surface area contributed by atoms with E-state index in [4.69, 9.17) is 0 Å². The van der Waals surface area contributed by atoms with E-state index in [-0.39, 0.29) is 5.91 Å². The Morgan fingerprint density at radius 2 is 2.19 bits per heavy atom. The quantitative estimate of drug-likeness (QED) is 0.900. The Morgan fingerprint density at radius 1 is 1.38 bits per heavy atom. The molecule has 1 saturated carbocycles. The standard InChI is InChI=1S/C17H23N3O/c1-2-15(12-6-4-3-5-7-12)19-17(21)13-8-9-14-11-18-20-16(14)10-13/h8-12,15H,2-7H2,1H3,(H,18,20)(H,19,21). The Morgan fingerprint density at radius 3 is 2.95 bits per heavy atom. The Bertz CT molecular complexity index is 613. The lowest BCUT2D eigenvalue weighted by Crippen LogP contribution is -2.40. The number of nitrogens with zero attached hydrogens (tertiary/aromatic N) is 1. The Balaban J connectivity index is 1.71. The Labute approximate surface area is 125 Å². The van der Waals surface area contributed by atoms with E-state index in [2.05, 4.69) is 22.4 Å². The highest BCUT2D eigenvalue weighted by Crippen LogP contribution is 2.28. The third-order valence-corrected chi connectivity index (χ3v) is 4.68. The van der Waals surface area contributed by atoms with Crippen molar-refractivity contribution in [1.29, 1.82) is 0 Å². The monoisotopic (exact) mass is 285 g/mol. The van der Waals surface area contributed by atoms with Gasteiger partial charge in [-0.25, -0.2) is 0 Å². The summed E-state index contributed by atoms with van der Waals surface area (Å²) in [5.74, 6) is 0.674. The van der Waals surface area contributed by atoms with Gasteiger partial charge in [0.2, 0.25) is 0 Å². The molecule has 1 aliphatic carbocycles. The third kappa shape index (κ3) is 3.09. The fourth-order valence-corrected chi connectivity index (χ4v) is 3.42. The van der Waals surface area contributed by atoms with Crippen LogP contribution in [0.1, 0.15) is 55.8 Å². The molecule has 0 spiro atoms. The van der Waals surface area contributed by atoms with Crippen LogP contribution < -0.4 is 5.32 Å². The van der Waals surface area contributed by atoms with Crippen LogP contribution in [-0.4, -0.2) is 22.1 Å². The van der Waals surface area contributed by atoms with Gasteiger partial charge in [-0.3, -0.25) is 9.89 Å². The number of hydrogen-bond donors (Lipinski definition) is 2. The molecule has 2 aromatic rings. The van der Waals surface area contributed by atoms with Crippen LogP contribution in [0.25, 0.3) is 10.9 Å². The van der Waals surface area contributed by atoms with Gasteiger partial charge in [-0.1, -0.05) is 32.3 Å². The average Bonchev–Trinajstić information content (AvgIpc) is 3.00. The smallest absolute Gasteiger partial charge is 0.251 e. The summed E-state index contributed by atoms with van der Waals surface area (Å²) in [6.45, 7) is 2.16. The van der Waals surface area contributed by atoms with Crippen LogP contribution in [0, 0.1) is 5.92 Å². The molecule has 112 valence electrons. The molecule has 1 amide bonds. The summed E-state index contributed by atoms with van der Waals surface area (Å²) in [7, 11) is 0. The number of carbonyl (C=O) groups excluding carboxylic acids is 1. The van der Waals surface area contributed by atoms with E-state index in [9.17, 15) is 4.79 Å². The second-order valence-electron chi connectivity index (χ2n) is 6.06. The zero-order chi connectivity index (χ0) is 14.7. The van der Waals surface area contributed by atoms with Crippen LogP contribution in [0.5, 0.6) is 0 Å². The van der Waals surface area contributed by atoms with E-state index in [0.29, 0.717) is 17.5 Å². The third-order valence-electron chi connectivity index (χ3n) is 4.68. The molecule has 0 aliphatic heterocycles. The molecule has 1 unspecified atom stereocenters. The highest BCUT2D eigenvalue weighted by molar-refractivity contribution is 5.97. The molecular formula is C17H23N3O. The molecule has 1 heterocycles. The fraction of sp³-hybridized carbons (Fsp3) is 0.529. The van der Waals surface area contributed by atoms with Crippen molar-refractivity contribution in [2.24, 2.45) is 5.92 Å². The normalized spacial score (nSPS) is 17.8. The first kappa shape index (κ1) is 14.1. The Hall–Kier alpha value is -1.84. The molecule has 1 fully saturated rings. The van der Waals surface area contributed by atoms with Crippen molar-refractivity contribution in [3.8, 4) is 0 Å². The summed E-state index contributed by atoms with van der Waals surface area (Å²) in [5.41, 5.74) is 1.62. The highest BCUT2D eigenvalue weighted by Gasteiger charge is 2.24. The summed E-state index contributed by atoms with van der Waals surface area (Å²) in [6.07, 6.45) is 9.22. The predicted molar refractivity (Wildman–Crippen MR) is 84.2 cm³/mol. The zero-order valence-corrected chi connectivity index (χ0v) is 12.6. The first-order chi connectivity index (χ1) is 10.3. The van der Waals surface area contributed by atoms with E-state index in [0.717, 1.165) is 17.3 Å². The van der Waals surface area contributed by atoms with Gasteiger partial charge in [-0.2, -0.15) is 5.10 Å². The highest BCUT2D eigenvalue weighted by atomic mass is 16.1. The van der Waals surface area contributed by atoms with Gasteiger partial charge in [0.1, 0.15) is 0 Å². The summed E-state index contributed by atoms with van der Waals surface area (Å²) < 4.78 is 0. The largest absolute Gasteiger partial charge is 0.349 e. The zero-order valence-electron chi connectivity index (χ0n) is 12.6. The lowest BCUT2D eigenvalue weighted by molar-refractivity contribution is 0.0911. The number of aromatic nitrogens is 2. The van der Waals surface area contributed by atoms with Gasteiger partial charge < -0.3 is 5.32 Å². The average molecular weight is 285 g/mol. The fourth-order valence-electron chi connectivity index (χ4n) is 3.42. The molecule has 1 aromatic heterocycles. The SMILES string of the molecule is CCC(NC(=O)c1ccc2cn[nH]c2c1)C1CCCCC1. The van der Waals surface area contributed by atoms with Crippen molar-refractivity contribution in [3.63, 3.8) is 0 Å². The lowest BCUT2D eigenvalue weighted by atomic mass is 9.83. The molecule has 0 bridgehead atoms. The number of fused-ring (bicyclic) bond motifs is 1. The maximum atomic E-state index is 12.5. The number of carbonyl (C=O) groups is 1. The van der Waals surface area contributed by atoms with Crippen molar-refractivity contribution < 1.29 is 4.79 Å². The second-order valence-corrected chi connectivity index (χ2v) is 6.06. The maximum Gasteiger partial charge on any atom is 0.251 e. The van der Waals surface area contributed by atoms with Crippen molar-refractivity contribution in [1.82, 2.24) is 15.5 Å². The molecule has 4 nitrogen and oxygen atoms in total. The second kappa shape index (κ2) is 6.29. The van der Waals surface area contributed by atoms with E-state index in [1.165, 1.54) is 32.1 Å². The number of aromatic amines is 1. The summed E-state index contributed by atoms with van der Waals surface area (Å²) >= 11 is 0. The Kier molecular flexibility index (Phi) is 4.23. The predicted octanol–water partition coefficient (Wildman–Crippen LogP) is 3.65. The number of H-pyrrole nitrogens is 1. The topological polar surface area (TPSA) is 57.8 Å². The summed E-state index contributed by atoms with van der Waals surface area (Å²) in [5, 5.41) is 11.2. The molecule has 3 rings (SSSR count). The molecule has 0 saturated heterocycles. The molecular weight excluding hydrogens is 262 g/mol. The summed E-state index contributed by atoms with van der Waals surface area (Å²) in [4.78, 5) is 12.5. The van der Waals surface area contributed by atoms with Crippen molar-refractivity contribution in [3.05, 3.63) is 30.0 Å². The molecule has 1 aliphatic rings. The van der Waals surface area contributed by atoms with Gasteiger partial charge in [0.25, 0.3) is 5.91 Å². The first-order valence-corrected chi connectivity index (χ1v) is 8.02. The number of benzene rings is 1. The van der Waals surface area contributed by atoms with Crippen LogP contribution in [0.15, 0.2) is 24.4 Å². The van der Waals surface area contributed by atoms with Crippen molar-refractivity contribution in [2.45, 2.75) is 51.5 Å². The number of rotatable bonds is 4. The van der Waals surface area contributed by atoms with Crippen molar-refractivity contribution in [2.75, 3.05) is 0 Å². The molecule has 0 radical (unpaired) electrons. The molecule has 1 aromatic carbocycles. The van der Waals surface area contributed by atoms with Gasteiger partial charge in [0.15, 0.2) is 0 Å². The number of nitrogens with one attached hydrogen (secondary N) is 2. The lowest BCUT2D eigenvalue weighted by Gasteiger charge is -2.30. The van der Waals surface area contributed by atoms with Crippen LogP contribution in [0.3, 0.4) is 0 Å². The molecule has 4 heteroatoms. The maximum absolute atomic E-state index is 12.5. The van der Waals surface area contributed by atoms with E-state index >= 15 is 0 Å². The summed E-state index contributed by atoms with van der Waals surface area (Å²) in [6, 6.07) is 6.00. The van der Waals surface area contributed by atoms with Gasteiger partial charge in [-0.05, 0) is 37.3 Å². The minimum atomic E-state index is 0.0314. The molecule has 2 N–H and O–H groups in total. The van der Waals surface area contributed by atoms with Crippen LogP contribution in [0.4, 0.5) is 0 Å². The van der Waals surface area contributed by atoms with E-state index in [1.54, 1.807) is 6.20 Å². The first-order valence-electron chi connectivity index (χ1n) is 8.02. The number of hydrogen-bond acceptors (Lipinski definition) is 2. The van der Waals surface area contributed by atoms with E-state index in [1.807, 2.05) is 18.2 Å². The number of amides is 1. The van der Waals surface area contributed by atoms with Crippen molar-refractivity contribution >= 4 is 16.8 Å². The molecule has 1 atom stereocenters. The minimum Gasteiger partial charge on any atom is -0.349 e. The van der Waals surface area contributed by atoms with Crippen LogP contribution in [0.2, 0.25) is 0 Å². The van der Waals surface area contributed by atoms with E-state index < -0.39 is 0 Å². The van der Waals surface area contributed by atoms with Crippen LogP contribution >= 0.6 is 0 Å². The van der Waals surface area contributed by atoms with Gasteiger partial charge in [-0.15, -0.1) is 0 Å². The minimum absolute atomic E-state index is 0.0314. The van der Waals surface area contributed by atoms with Crippen LogP contribution in [-0.2, 0) is 0 Å². The van der Waals surface area contributed by atoms with Gasteiger partial charge in [0, 0.05) is 17.0 Å². The van der Waals surface area contributed by atoms with Gasteiger partial charge in [0.05, 0.1) is 11.7 Å².